The van der Waals surface area contributed by atoms with Gasteiger partial charge in [-0.25, -0.2) is 4.98 Å². The van der Waals surface area contributed by atoms with Crippen molar-refractivity contribution in [2.75, 3.05) is 5.43 Å². The van der Waals surface area contributed by atoms with Crippen LogP contribution in [0.4, 0.5) is 5.95 Å². The minimum absolute atomic E-state index is 0.187. The molecule has 0 atom stereocenters. The SMILES string of the molecule is CC(=O)NNc1nc2ccc(Cl)cc2[nH]1. The van der Waals surface area contributed by atoms with E-state index in [1.165, 1.54) is 6.92 Å². The highest BCUT2D eigenvalue weighted by Gasteiger charge is 2.02. The normalized spacial score (nSPS) is 10.3. The van der Waals surface area contributed by atoms with E-state index in [-0.39, 0.29) is 5.91 Å². The molecule has 1 aromatic heterocycles. The number of hydrazine groups is 1. The number of fused-ring (bicyclic) bond motifs is 1. The fourth-order valence-electron chi connectivity index (χ4n) is 1.19. The van der Waals surface area contributed by atoms with Crippen LogP contribution in [0.25, 0.3) is 11.0 Å². The van der Waals surface area contributed by atoms with E-state index in [1.807, 2.05) is 0 Å². The lowest BCUT2D eigenvalue weighted by molar-refractivity contribution is -0.118. The van der Waals surface area contributed by atoms with Crippen molar-refractivity contribution in [2.24, 2.45) is 0 Å². The summed E-state index contributed by atoms with van der Waals surface area (Å²) in [5.41, 5.74) is 6.67. The predicted octanol–water partition coefficient (Wildman–Crippen LogP) is 1.68. The van der Waals surface area contributed by atoms with Gasteiger partial charge in [-0.1, -0.05) is 11.6 Å². The monoisotopic (exact) mass is 224 g/mol. The third-order valence-electron chi connectivity index (χ3n) is 1.80. The van der Waals surface area contributed by atoms with Crippen molar-refractivity contribution < 1.29 is 4.79 Å². The van der Waals surface area contributed by atoms with Crippen LogP contribution in [0.5, 0.6) is 0 Å². The molecule has 0 aliphatic carbocycles. The van der Waals surface area contributed by atoms with Crippen molar-refractivity contribution in [1.29, 1.82) is 0 Å². The van der Waals surface area contributed by atoms with Crippen molar-refractivity contribution in [1.82, 2.24) is 15.4 Å². The molecule has 0 bridgehead atoms. The number of carbonyl (C=O) groups is 1. The highest BCUT2D eigenvalue weighted by Crippen LogP contribution is 2.18. The second-order valence-corrected chi connectivity index (χ2v) is 3.49. The number of hydrogen-bond acceptors (Lipinski definition) is 3. The summed E-state index contributed by atoms with van der Waals surface area (Å²) in [6.07, 6.45) is 0. The first-order valence-electron chi connectivity index (χ1n) is 4.33. The smallest absolute Gasteiger partial charge is 0.235 e. The molecule has 0 fully saturated rings. The molecular weight excluding hydrogens is 216 g/mol. The molecular formula is C9H9ClN4O. The van der Waals surface area contributed by atoms with Crippen molar-refractivity contribution in [2.45, 2.75) is 6.92 Å². The van der Waals surface area contributed by atoms with Gasteiger partial charge in [-0.15, -0.1) is 0 Å². The molecule has 5 nitrogen and oxygen atoms in total. The Morgan fingerprint density at radius 2 is 2.33 bits per heavy atom. The molecule has 1 aromatic carbocycles. The summed E-state index contributed by atoms with van der Waals surface area (Å²) in [6, 6.07) is 5.32. The maximum Gasteiger partial charge on any atom is 0.235 e. The maximum atomic E-state index is 10.6. The summed E-state index contributed by atoms with van der Waals surface area (Å²) in [7, 11) is 0. The number of imidazole rings is 1. The van der Waals surface area contributed by atoms with Gasteiger partial charge in [0.2, 0.25) is 11.9 Å². The standard InChI is InChI=1S/C9H9ClN4O/c1-5(15)13-14-9-11-7-3-2-6(10)4-8(7)12-9/h2-4H,1H3,(H,13,15)(H2,11,12,14). The van der Waals surface area contributed by atoms with Gasteiger partial charge in [-0.2, -0.15) is 0 Å². The first-order valence-corrected chi connectivity index (χ1v) is 4.71. The summed E-state index contributed by atoms with van der Waals surface area (Å²) in [6.45, 7) is 1.41. The summed E-state index contributed by atoms with van der Waals surface area (Å²) in [5.74, 6) is 0.288. The van der Waals surface area contributed by atoms with E-state index < -0.39 is 0 Å². The van der Waals surface area contributed by atoms with E-state index >= 15 is 0 Å². The molecule has 1 amide bonds. The van der Waals surface area contributed by atoms with Gasteiger partial charge in [0.1, 0.15) is 0 Å². The zero-order valence-electron chi connectivity index (χ0n) is 7.97. The Morgan fingerprint density at radius 3 is 3.07 bits per heavy atom. The van der Waals surface area contributed by atoms with Crippen molar-refractivity contribution >= 4 is 34.5 Å². The lowest BCUT2D eigenvalue weighted by atomic mass is 10.3. The number of nitrogens with one attached hydrogen (secondary N) is 3. The van der Waals surface area contributed by atoms with E-state index in [1.54, 1.807) is 18.2 Å². The number of aromatic nitrogens is 2. The minimum Gasteiger partial charge on any atom is -0.323 e. The molecule has 0 saturated carbocycles. The van der Waals surface area contributed by atoms with Gasteiger partial charge in [-0.05, 0) is 18.2 Å². The number of anilines is 1. The lowest BCUT2D eigenvalue weighted by Gasteiger charge is -2.00. The van der Waals surface area contributed by atoms with Crippen LogP contribution in [-0.2, 0) is 4.79 Å². The molecule has 0 radical (unpaired) electrons. The summed E-state index contributed by atoms with van der Waals surface area (Å²) < 4.78 is 0. The van der Waals surface area contributed by atoms with Crippen LogP contribution in [-0.4, -0.2) is 15.9 Å². The van der Waals surface area contributed by atoms with E-state index in [9.17, 15) is 4.79 Å². The van der Waals surface area contributed by atoms with Gasteiger partial charge < -0.3 is 4.98 Å². The number of halogens is 1. The van der Waals surface area contributed by atoms with Gasteiger partial charge in [0.15, 0.2) is 0 Å². The zero-order chi connectivity index (χ0) is 10.8. The molecule has 0 aliphatic heterocycles. The van der Waals surface area contributed by atoms with Gasteiger partial charge >= 0.3 is 0 Å². The second-order valence-electron chi connectivity index (χ2n) is 3.05. The Bertz CT molecular complexity index is 508. The van der Waals surface area contributed by atoms with Crippen molar-refractivity contribution in [3.05, 3.63) is 23.2 Å². The summed E-state index contributed by atoms with van der Waals surface area (Å²) >= 11 is 5.82. The predicted molar refractivity (Wildman–Crippen MR) is 58.5 cm³/mol. The molecule has 0 saturated heterocycles. The highest BCUT2D eigenvalue weighted by molar-refractivity contribution is 6.31. The molecule has 0 aliphatic rings. The summed E-state index contributed by atoms with van der Waals surface area (Å²) in [4.78, 5) is 17.8. The van der Waals surface area contributed by atoms with Gasteiger partial charge in [0.05, 0.1) is 11.0 Å². The molecule has 1 heterocycles. The first-order chi connectivity index (χ1) is 7.15. The van der Waals surface area contributed by atoms with Gasteiger partial charge in [0.25, 0.3) is 0 Å². The number of benzene rings is 1. The topological polar surface area (TPSA) is 69.8 Å². The quantitative estimate of drug-likeness (QED) is 0.680. The molecule has 0 unspecified atom stereocenters. The maximum absolute atomic E-state index is 10.6. The largest absolute Gasteiger partial charge is 0.323 e. The molecule has 0 spiro atoms. The van der Waals surface area contributed by atoms with Crippen molar-refractivity contribution in [3.8, 4) is 0 Å². The summed E-state index contributed by atoms with van der Waals surface area (Å²) in [5, 5.41) is 0.636. The molecule has 15 heavy (non-hydrogen) atoms. The van der Waals surface area contributed by atoms with Crippen LogP contribution < -0.4 is 10.9 Å². The first kappa shape index (κ1) is 9.79. The number of amides is 1. The average Bonchev–Trinajstić information content (AvgIpc) is 2.56. The van der Waals surface area contributed by atoms with Crippen LogP contribution in [0.2, 0.25) is 5.02 Å². The molecule has 78 valence electrons. The number of aromatic amines is 1. The third kappa shape index (κ3) is 2.19. The molecule has 2 aromatic rings. The van der Waals surface area contributed by atoms with Crippen LogP contribution in [0.15, 0.2) is 18.2 Å². The molecule has 3 N–H and O–H groups in total. The van der Waals surface area contributed by atoms with E-state index in [2.05, 4.69) is 20.8 Å². The zero-order valence-corrected chi connectivity index (χ0v) is 8.72. The van der Waals surface area contributed by atoms with Gasteiger partial charge in [-0.3, -0.25) is 15.6 Å². The van der Waals surface area contributed by atoms with Crippen LogP contribution >= 0.6 is 11.6 Å². The number of nitrogens with zero attached hydrogens (tertiary/aromatic N) is 1. The van der Waals surface area contributed by atoms with E-state index in [4.69, 9.17) is 11.6 Å². The fourth-order valence-corrected chi connectivity index (χ4v) is 1.36. The number of hydrogen-bond donors (Lipinski definition) is 3. The number of carbonyl (C=O) groups excluding carboxylic acids is 1. The Labute approximate surface area is 90.8 Å². The van der Waals surface area contributed by atoms with Crippen LogP contribution in [0.1, 0.15) is 6.92 Å². The Balaban J connectivity index is 2.27. The lowest BCUT2D eigenvalue weighted by Crippen LogP contribution is -2.27. The fraction of sp³-hybridized carbons (Fsp3) is 0.111. The third-order valence-corrected chi connectivity index (χ3v) is 2.04. The van der Waals surface area contributed by atoms with Gasteiger partial charge in [0, 0.05) is 11.9 Å². The van der Waals surface area contributed by atoms with E-state index in [0.29, 0.717) is 11.0 Å². The minimum atomic E-state index is -0.187. The van der Waals surface area contributed by atoms with Crippen molar-refractivity contribution in [3.63, 3.8) is 0 Å². The number of H-pyrrole nitrogens is 1. The number of rotatable bonds is 2. The highest BCUT2D eigenvalue weighted by atomic mass is 35.5. The van der Waals surface area contributed by atoms with Crippen LogP contribution in [0, 0.1) is 0 Å². The molecule has 2 rings (SSSR count). The van der Waals surface area contributed by atoms with Crippen LogP contribution in [0.3, 0.4) is 0 Å². The Kier molecular flexibility index (Phi) is 2.47. The molecule has 6 heteroatoms. The second kappa shape index (κ2) is 3.78. The van der Waals surface area contributed by atoms with E-state index in [0.717, 1.165) is 11.0 Å². The Morgan fingerprint density at radius 1 is 1.53 bits per heavy atom. The Hall–Kier alpha value is -1.75. The average molecular weight is 225 g/mol.